The number of hydrogen-bond acceptors (Lipinski definition) is 4. The lowest BCUT2D eigenvalue weighted by Gasteiger charge is -2.14. The fourth-order valence-electron chi connectivity index (χ4n) is 3.22. The molecule has 0 aliphatic heterocycles. The van der Waals surface area contributed by atoms with E-state index in [1.807, 2.05) is 59.7 Å². The van der Waals surface area contributed by atoms with E-state index in [1.54, 1.807) is 6.20 Å². The van der Waals surface area contributed by atoms with Gasteiger partial charge < -0.3 is 10.1 Å². The second-order valence-electron chi connectivity index (χ2n) is 6.83. The fraction of sp³-hybridized carbons (Fsp3) is 0.167. The molecule has 1 N–H and O–H groups in total. The van der Waals surface area contributed by atoms with Crippen molar-refractivity contribution in [1.29, 1.82) is 0 Å². The summed E-state index contributed by atoms with van der Waals surface area (Å²) in [5.41, 5.74) is 4.74. The summed E-state index contributed by atoms with van der Waals surface area (Å²) in [6.45, 7) is 2.81. The van der Waals surface area contributed by atoms with Crippen LogP contribution in [0.3, 0.4) is 0 Å². The third-order valence-electron chi connectivity index (χ3n) is 4.73. The Morgan fingerprint density at radius 1 is 0.793 bits per heavy atom. The smallest absolute Gasteiger partial charge is 0.124 e. The van der Waals surface area contributed by atoms with Crippen molar-refractivity contribution in [2.45, 2.75) is 26.2 Å². The van der Waals surface area contributed by atoms with E-state index in [0.717, 1.165) is 36.5 Å². The highest BCUT2D eigenvalue weighted by Crippen LogP contribution is 2.19. The second kappa shape index (κ2) is 9.66. The van der Waals surface area contributed by atoms with Crippen LogP contribution in [-0.2, 0) is 26.2 Å². The zero-order valence-electron chi connectivity index (χ0n) is 16.2. The first-order valence-electron chi connectivity index (χ1n) is 9.73. The molecule has 0 spiro atoms. The number of benzene rings is 2. The normalized spacial score (nSPS) is 10.8. The van der Waals surface area contributed by atoms with Gasteiger partial charge in [-0.1, -0.05) is 48.5 Å². The lowest BCUT2D eigenvalue weighted by Crippen LogP contribution is -2.15. The van der Waals surface area contributed by atoms with E-state index >= 15 is 0 Å². The Labute approximate surface area is 171 Å². The molecule has 0 saturated carbocycles. The van der Waals surface area contributed by atoms with Crippen molar-refractivity contribution in [3.05, 3.63) is 114 Å². The number of nitrogens with one attached hydrogen (secondary N) is 1. The minimum Gasteiger partial charge on any atom is -0.489 e. The molecule has 0 amide bonds. The molecule has 0 fully saturated rings. The zero-order chi connectivity index (χ0) is 19.7. The highest BCUT2D eigenvalue weighted by molar-refractivity contribution is 5.34. The Morgan fingerprint density at radius 3 is 2.38 bits per heavy atom. The van der Waals surface area contributed by atoms with Crippen molar-refractivity contribution in [3.63, 3.8) is 0 Å². The van der Waals surface area contributed by atoms with E-state index in [0.29, 0.717) is 6.61 Å². The lowest BCUT2D eigenvalue weighted by molar-refractivity contribution is 0.301. The molecule has 0 aliphatic rings. The van der Waals surface area contributed by atoms with E-state index in [9.17, 15) is 0 Å². The van der Waals surface area contributed by atoms with Gasteiger partial charge in [0.2, 0.25) is 0 Å². The molecule has 0 bridgehead atoms. The molecule has 0 atom stereocenters. The third-order valence-corrected chi connectivity index (χ3v) is 4.73. The Hall–Kier alpha value is -3.44. The summed E-state index contributed by atoms with van der Waals surface area (Å²) in [5.74, 6) is 0.897. The molecule has 5 heteroatoms. The van der Waals surface area contributed by atoms with Crippen LogP contribution in [0.25, 0.3) is 0 Å². The van der Waals surface area contributed by atoms with E-state index in [-0.39, 0.29) is 0 Å². The van der Waals surface area contributed by atoms with E-state index < -0.39 is 0 Å². The molecule has 2 aromatic heterocycles. The van der Waals surface area contributed by atoms with Gasteiger partial charge in [-0.05, 0) is 29.3 Å². The molecule has 4 aromatic rings. The average molecular weight is 384 g/mol. The monoisotopic (exact) mass is 384 g/mol. The van der Waals surface area contributed by atoms with Gasteiger partial charge >= 0.3 is 0 Å². The SMILES string of the molecule is c1cncc(COc2ccccc2CNCc2ccccc2Cn2cccn2)c1. The maximum Gasteiger partial charge on any atom is 0.124 e. The van der Waals surface area contributed by atoms with Crippen LogP contribution in [0.4, 0.5) is 0 Å². The average Bonchev–Trinajstić information content (AvgIpc) is 3.28. The zero-order valence-corrected chi connectivity index (χ0v) is 16.2. The maximum atomic E-state index is 6.03. The second-order valence-corrected chi connectivity index (χ2v) is 6.83. The first-order valence-corrected chi connectivity index (χ1v) is 9.73. The van der Waals surface area contributed by atoms with Crippen LogP contribution in [0.2, 0.25) is 0 Å². The van der Waals surface area contributed by atoms with E-state index in [2.05, 4.69) is 45.7 Å². The number of para-hydroxylation sites is 1. The highest BCUT2D eigenvalue weighted by Gasteiger charge is 2.06. The first-order chi connectivity index (χ1) is 14.4. The summed E-state index contributed by atoms with van der Waals surface area (Å²) < 4.78 is 7.97. The maximum absolute atomic E-state index is 6.03. The Morgan fingerprint density at radius 2 is 1.59 bits per heavy atom. The Bertz CT molecular complexity index is 1020. The highest BCUT2D eigenvalue weighted by atomic mass is 16.5. The Balaban J connectivity index is 1.37. The van der Waals surface area contributed by atoms with Crippen molar-refractivity contribution in [2.24, 2.45) is 0 Å². The molecule has 5 nitrogen and oxygen atoms in total. The summed E-state index contributed by atoms with van der Waals surface area (Å²) >= 11 is 0. The van der Waals surface area contributed by atoms with Gasteiger partial charge in [0, 0.05) is 49.0 Å². The quantitative estimate of drug-likeness (QED) is 0.470. The summed E-state index contributed by atoms with van der Waals surface area (Å²) in [7, 11) is 0. The minimum atomic E-state index is 0.511. The molecule has 2 heterocycles. The van der Waals surface area contributed by atoms with Gasteiger partial charge in [-0.3, -0.25) is 9.67 Å². The molecule has 29 heavy (non-hydrogen) atoms. The predicted octanol–water partition coefficient (Wildman–Crippen LogP) is 4.20. The summed E-state index contributed by atoms with van der Waals surface area (Å²) in [6, 6.07) is 22.5. The standard InChI is InChI=1S/C24H24N4O/c1-2-10-23(18-28-14-6-13-27-28)21(8-1)16-26-17-22-9-3-4-11-24(22)29-19-20-7-5-12-25-15-20/h1-15,26H,16-19H2. The molecule has 4 rings (SSSR count). The third kappa shape index (κ3) is 5.30. The molecular formula is C24H24N4O. The number of ether oxygens (including phenoxy) is 1. The van der Waals surface area contributed by atoms with Gasteiger partial charge in [-0.2, -0.15) is 5.10 Å². The summed E-state index contributed by atoms with van der Waals surface area (Å²) in [5, 5.41) is 7.87. The van der Waals surface area contributed by atoms with Gasteiger partial charge in [-0.15, -0.1) is 0 Å². The van der Waals surface area contributed by atoms with Crippen LogP contribution in [-0.4, -0.2) is 14.8 Å². The molecular weight excluding hydrogens is 360 g/mol. The topological polar surface area (TPSA) is 52.0 Å². The van der Waals surface area contributed by atoms with Crippen LogP contribution in [0.1, 0.15) is 22.3 Å². The fourth-order valence-corrected chi connectivity index (χ4v) is 3.22. The number of aromatic nitrogens is 3. The van der Waals surface area contributed by atoms with Crippen molar-refractivity contribution < 1.29 is 4.74 Å². The van der Waals surface area contributed by atoms with Crippen LogP contribution in [0.5, 0.6) is 5.75 Å². The van der Waals surface area contributed by atoms with E-state index in [1.165, 1.54) is 11.1 Å². The van der Waals surface area contributed by atoms with E-state index in [4.69, 9.17) is 4.74 Å². The minimum absolute atomic E-state index is 0.511. The number of rotatable bonds is 9. The van der Waals surface area contributed by atoms with Gasteiger partial charge in [0.25, 0.3) is 0 Å². The molecule has 0 aliphatic carbocycles. The van der Waals surface area contributed by atoms with Crippen LogP contribution >= 0.6 is 0 Å². The van der Waals surface area contributed by atoms with Crippen LogP contribution < -0.4 is 10.1 Å². The molecule has 2 aromatic carbocycles. The molecule has 0 radical (unpaired) electrons. The summed E-state index contributed by atoms with van der Waals surface area (Å²) in [6.07, 6.45) is 7.40. The van der Waals surface area contributed by atoms with Crippen LogP contribution in [0.15, 0.2) is 91.5 Å². The molecule has 0 saturated heterocycles. The number of hydrogen-bond donors (Lipinski definition) is 1. The van der Waals surface area contributed by atoms with Gasteiger partial charge in [0.1, 0.15) is 12.4 Å². The molecule has 0 unspecified atom stereocenters. The Kier molecular flexibility index (Phi) is 6.30. The van der Waals surface area contributed by atoms with Crippen molar-refractivity contribution in [2.75, 3.05) is 0 Å². The van der Waals surface area contributed by atoms with Crippen molar-refractivity contribution in [3.8, 4) is 5.75 Å². The largest absolute Gasteiger partial charge is 0.489 e. The van der Waals surface area contributed by atoms with Gasteiger partial charge in [0.15, 0.2) is 0 Å². The number of pyridine rings is 1. The van der Waals surface area contributed by atoms with Gasteiger partial charge in [0.05, 0.1) is 6.54 Å². The predicted molar refractivity (Wildman–Crippen MR) is 113 cm³/mol. The lowest BCUT2D eigenvalue weighted by atomic mass is 10.1. The first kappa shape index (κ1) is 18.9. The van der Waals surface area contributed by atoms with Crippen molar-refractivity contribution in [1.82, 2.24) is 20.1 Å². The summed E-state index contributed by atoms with van der Waals surface area (Å²) in [4.78, 5) is 4.14. The van der Waals surface area contributed by atoms with Crippen molar-refractivity contribution >= 4 is 0 Å². The molecule has 146 valence electrons. The van der Waals surface area contributed by atoms with Gasteiger partial charge in [-0.25, -0.2) is 0 Å². The van der Waals surface area contributed by atoms with Crippen LogP contribution in [0, 0.1) is 0 Å². The number of nitrogens with zero attached hydrogens (tertiary/aromatic N) is 3.